The predicted octanol–water partition coefficient (Wildman–Crippen LogP) is 3.46. The number of imidazole rings is 1. The van der Waals surface area contributed by atoms with Gasteiger partial charge in [-0.1, -0.05) is 6.07 Å². The number of carbonyl (C=O) groups is 1. The van der Waals surface area contributed by atoms with Crippen molar-refractivity contribution in [3.05, 3.63) is 59.7 Å². The number of hydrogen-bond acceptors (Lipinski definition) is 5. The zero-order valence-electron chi connectivity index (χ0n) is 11.5. The fraction of sp³-hybridized carbons (Fsp3) is 0. The molecule has 3 aromatic rings. The summed E-state index contributed by atoms with van der Waals surface area (Å²) in [5.41, 5.74) is 0.662. The average molecular weight is 309 g/mol. The predicted molar refractivity (Wildman–Crippen MR) is 77.4 cm³/mol. The van der Waals surface area contributed by atoms with Crippen LogP contribution >= 0.6 is 0 Å². The van der Waals surface area contributed by atoms with E-state index < -0.39 is 11.8 Å². The molecule has 112 valence electrons. The van der Waals surface area contributed by atoms with E-state index in [4.69, 9.17) is 5.26 Å². The highest BCUT2D eigenvalue weighted by molar-refractivity contribution is 5.91. The van der Waals surface area contributed by atoms with Crippen LogP contribution in [0.15, 0.2) is 52.8 Å². The second kappa shape index (κ2) is 5.65. The minimum absolute atomic E-state index is 0.102. The molecule has 1 N–H and O–H groups in total. The van der Waals surface area contributed by atoms with E-state index in [0.717, 1.165) is 6.20 Å². The van der Waals surface area contributed by atoms with Crippen LogP contribution in [0.5, 0.6) is 0 Å². The number of halogens is 1. The van der Waals surface area contributed by atoms with Crippen LogP contribution in [0.3, 0.4) is 0 Å². The van der Waals surface area contributed by atoms with Crippen molar-refractivity contribution in [1.82, 2.24) is 9.38 Å². The van der Waals surface area contributed by atoms with Gasteiger partial charge in [0.15, 0.2) is 11.5 Å². The minimum Gasteiger partial charge on any atom is -0.476 e. The molecule has 3 rings (SSSR count). The maximum atomic E-state index is 13.4. The van der Waals surface area contributed by atoms with Crippen LogP contribution in [0, 0.1) is 17.1 Å². The maximum Gasteiger partial charge on any atom is 0.358 e. The molecule has 0 fully saturated rings. The highest BCUT2D eigenvalue weighted by atomic mass is 19.1. The van der Waals surface area contributed by atoms with Gasteiger partial charge in [0.25, 0.3) is 0 Å². The number of aromatic carboxylic acids is 1. The third-order valence-corrected chi connectivity index (χ3v) is 3.00. The second-order valence-corrected chi connectivity index (χ2v) is 4.53. The van der Waals surface area contributed by atoms with Crippen LogP contribution < -0.4 is 0 Å². The summed E-state index contributed by atoms with van der Waals surface area (Å²) < 4.78 is 14.6. The van der Waals surface area contributed by atoms with Gasteiger partial charge in [-0.2, -0.15) is 5.26 Å². The van der Waals surface area contributed by atoms with Gasteiger partial charge in [0.1, 0.15) is 11.5 Å². The van der Waals surface area contributed by atoms with Crippen molar-refractivity contribution in [1.29, 1.82) is 5.26 Å². The number of carboxylic acids is 1. The zero-order chi connectivity index (χ0) is 16.4. The zero-order valence-corrected chi connectivity index (χ0v) is 11.5. The Labute approximate surface area is 129 Å². The first kappa shape index (κ1) is 14.3. The van der Waals surface area contributed by atoms with Gasteiger partial charge >= 0.3 is 5.97 Å². The highest BCUT2D eigenvalue weighted by Crippen LogP contribution is 2.25. The van der Waals surface area contributed by atoms with Crippen LogP contribution in [0.2, 0.25) is 0 Å². The Balaban J connectivity index is 2.12. The van der Waals surface area contributed by atoms with Crippen molar-refractivity contribution < 1.29 is 14.3 Å². The summed E-state index contributed by atoms with van der Waals surface area (Å²) >= 11 is 0. The molecule has 0 amide bonds. The van der Waals surface area contributed by atoms with Crippen molar-refractivity contribution in [2.75, 3.05) is 0 Å². The van der Waals surface area contributed by atoms with Gasteiger partial charge in [0, 0.05) is 6.20 Å². The molecule has 0 radical (unpaired) electrons. The Morgan fingerprint density at radius 3 is 2.87 bits per heavy atom. The van der Waals surface area contributed by atoms with E-state index in [1.54, 1.807) is 18.2 Å². The summed E-state index contributed by atoms with van der Waals surface area (Å²) in [6, 6.07) is 10.8. The number of nitrogens with zero attached hydrogens (tertiary/aromatic N) is 5. The number of hydrogen-bond donors (Lipinski definition) is 1. The number of aromatic nitrogens is 2. The summed E-state index contributed by atoms with van der Waals surface area (Å²) in [6.07, 6.45) is 1.08. The van der Waals surface area contributed by atoms with Crippen LogP contribution in [-0.2, 0) is 0 Å². The van der Waals surface area contributed by atoms with Crippen LogP contribution in [0.4, 0.5) is 15.9 Å². The Morgan fingerprint density at radius 2 is 2.13 bits per heavy atom. The van der Waals surface area contributed by atoms with Crippen molar-refractivity contribution in [2.24, 2.45) is 10.2 Å². The van der Waals surface area contributed by atoms with Gasteiger partial charge in [-0.25, -0.2) is 14.2 Å². The molecule has 0 saturated carbocycles. The van der Waals surface area contributed by atoms with Crippen molar-refractivity contribution in [2.45, 2.75) is 0 Å². The first-order valence-corrected chi connectivity index (χ1v) is 6.41. The van der Waals surface area contributed by atoms with Gasteiger partial charge in [-0.05, 0) is 30.3 Å². The average Bonchev–Trinajstić information content (AvgIpc) is 2.91. The molecule has 0 aliphatic carbocycles. The lowest BCUT2D eigenvalue weighted by atomic mass is 10.2. The molecule has 0 spiro atoms. The smallest absolute Gasteiger partial charge is 0.358 e. The molecule has 0 saturated heterocycles. The summed E-state index contributed by atoms with van der Waals surface area (Å²) in [7, 11) is 0. The molecule has 0 atom stereocenters. The fourth-order valence-electron chi connectivity index (χ4n) is 1.99. The van der Waals surface area contributed by atoms with Gasteiger partial charge in [0.2, 0.25) is 0 Å². The molecule has 0 unspecified atom stereocenters. The molecular weight excluding hydrogens is 301 g/mol. The molecule has 2 aromatic heterocycles. The number of benzene rings is 1. The molecular formula is C15H8FN5O2. The van der Waals surface area contributed by atoms with Crippen LogP contribution in [0.25, 0.3) is 5.65 Å². The van der Waals surface area contributed by atoms with E-state index in [1.807, 2.05) is 6.07 Å². The molecule has 23 heavy (non-hydrogen) atoms. The number of nitriles is 1. The molecule has 7 nitrogen and oxygen atoms in total. The molecule has 0 aliphatic heterocycles. The first-order chi connectivity index (χ1) is 11.1. The third kappa shape index (κ3) is 2.75. The fourth-order valence-corrected chi connectivity index (χ4v) is 1.99. The van der Waals surface area contributed by atoms with Crippen LogP contribution in [0.1, 0.15) is 16.1 Å². The molecule has 2 heterocycles. The van der Waals surface area contributed by atoms with Crippen LogP contribution in [-0.4, -0.2) is 20.5 Å². The minimum atomic E-state index is -1.30. The molecule has 0 aliphatic rings. The van der Waals surface area contributed by atoms with E-state index in [0.29, 0.717) is 11.3 Å². The lowest BCUT2D eigenvalue weighted by Gasteiger charge is -1.97. The number of carboxylic acid groups (broad SMARTS) is 1. The van der Waals surface area contributed by atoms with E-state index in [9.17, 15) is 14.3 Å². The summed E-state index contributed by atoms with van der Waals surface area (Å²) in [6.45, 7) is 0. The Kier molecular flexibility index (Phi) is 3.52. The number of fused-ring (bicyclic) bond motifs is 1. The summed E-state index contributed by atoms with van der Waals surface area (Å²) in [4.78, 5) is 15.2. The molecule has 8 heteroatoms. The lowest BCUT2D eigenvalue weighted by molar-refractivity contribution is 0.0692. The normalized spacial score (nSPS) is 11.0. The molecule has 1 aromatic carbocycles. The standard InChI is InChI=1S/C15H8FN5O2/c16-10-4-5-12-18-13(15(22)23)14(21(12)8-10)20-19-11-3-1-2-9(6-11)7-17/h1-6,8H,(H,22,23). The second-order valence-electron chi connectivity index (χ2n) is 4.53. The van der Waals surface area contributed by atoms with Crippen molar-refractivity contribution >= 4 is 23.1 Å². The van der Waals surface area contributed by atoms with E-state index in [1.165, 1.54) is 22.6 Å². The number of pyridine rings is 1. The maximum absolute atomic E-state index is 13.4. The monoisotopic (exact) mass is 309 g/mol. The van der Waals surface area contributed by atoms with Crippen molar-refractivity contribution in [3.8, 4) is 6.07 Å². The quantitative estimate of drug-likeness (QED) is 0.748. The Bertz CT molecular complexity index is 987. The summed E-state index contributed by atoms with van der Waals surface area (Å²) in [5.74, 6) is -1.96. The third-order valence-electron chi connectivity index (χ3n) is 3.00. The lowest BCUT2D eigenvalue weighted by Crippen LogP contribution is -1.96. The van der Waals surface area contributed by atoms with E-state index in [2.05, 4.69) is 15.2 Å². The molecule has 0 bridgehead atoms. The summed E-state index contributed by atoms with van der Waals surface area (Å²) in [5, 5.41) is 25.8. The largest absolute Gasteiger partial charge is 0.476 e. The van der Waals surface area contributed by atoms with E-state index >= 15 is 0 Å². The van der Waals surface area contributed by atoms with E-state index in [-0.39, 0.29) is 17.2 Å². The SMILES string of the molecule is N#Cc1cccc(N=Nc2c(C(=O)O)nc3ccc(F)cn23)c1. The first-order valence-electron chi connectivity index (χ1n) is 6.41. The number of azo groups is 1. The Morgan fingerprint density at radius 1 is 1.30 bits per heavy atom. The Hall–Kier alpha value is -3.60. The van der Waals surface area contributed by atoms with Gasteiger partial charge in [-0.3, -0.25) is 4.40 Å². The highest BCUT2D eigenvalue weighted by Gasteiger charge is 2.18. The van der Waals surface area contributed by atoms with Gasteiger partial charge < -0.3 is 5.11 Å². The number of rotatable bonds is 3. The van der Waals surface area contributed by atoms with Gasteiger partial charge in [0.05, 0.1) is 17.3 Å². The van der Waals surface area contributed by atoms with Crippen molar-refractivity contribution in [3.63, 3.8) is 0 Å². The van der Waals surface area contributed by atoms with Gasteiger partial charge in [-0.15, -0.1) is 10.2 Å². The topological polar surface area (TPSA) is 103 Å².